The third-order valence-electron chi connectivity index (χ3n) is 3.34. The maximum absolute atomic E-state index is 11.3. The second kappa shape index (κ2) is 8.43. The molecule has 0 aromatic heterocycles. The maximum Gasteiger partial charge on any atom is 0.338 e. The summed E-state index contributed by atoms with van der Waals surface area (Å²) in [7, 11) is 0. The molecule has 4 rings (SSSR count). The van der Waals surface area contributed by atoms with Crippen molar-refractivity contribution in [3.05, 3.63) is 70.8 Å². The first kappa shape index (κ1) is 18.7. The van der Waals surface area contributed by atoms with Gasteiger partial charge in [-0.05, 0) is 42.5 Å². The third-order valence-corrected chi connectivity index (χ3v) is 3.34. The Morgan fingerprint density at radius 1 is 0.731 bits per heavy atom. The van der Waals surface area contributed by atoms with Crippen LogP contribution in [0.25, 0.3) is 0 Å². The van der Waals surface area contributed by atoms with Crippen molar-refractivity contribution in [2.24, 2.45) is 11.5 Å². The number of benzene rings is 2. The van der Waals surface area contributed by atoms with Crippen molar-refractivity contribution in [1.29, 1.82) is 0 Å². The van der Waals surface area contributed by atoms with Gasteiger partial charge in [0.1, 0.15) is 13.2 Å². The molecule has 0 unspecified atom stereocenters. The van der Waals surface area contributed by atoms with E-state index in [4.69, 9.17) is 20.9 Å². The quantitative estimate of drug-likeness (QED) is 0.766. The smallest absolute Gasteiger partial charge is 0.338 e. The van der Waals surface area contributed by atoms with E-state index >= 15 is 0 Å². The van der Waals surface area contributed by atoms with Crippen LogP contribution in [-0.4, -0.2) is 37.0 Å². The van der Waals surface area contributed by atoms with Crippen molar-refractivity contribution in [1.82, 2.24) is 0 Å². The van der Waals surface area contributed by atoms with Gasteiger partial charge in [-0.25, -0.2) is 9.59 Å². The summed E-state index contributed by atoms with van der Waals surface area (Å²) in [6, 6.07) is 12.2. The minimum absolute atomic E-state index is 0.100. The molecule has 0 atom stereocenters. The molecular weight excluding hydrogens is 340 g/mol. The van der Waals surface area contributed by atoms with Gasteiger partial charge in [0.25, 0.3) is 0 Å². The first-order valence-corrected chi connectivity index (χ1v) is 7.52. The standard InChI is InChI=1S/C10H8O4.C8H8N2O2/c11-9-7-1-2-8(4-3-7)10(12)14-6-5-13-9;9-7(11)5-2-1-3-6(4-5)8(10)12/h1-4H,5-6H2;1-4H,(H2,9,11)(H2,10,12). The van der Waals surface area contributed by atoms with Crippen LogP contribution in [0.5, 0.6) is 0 Å². The van der Waals surface area contributed by atoms with Crippen molar-refractivity contribution >= 4 is 23.8 Å². The van der Waals surface area contributed by atoms with Crippen molar-refractivity contribution in [2.45, 2.75) is 0 Å². The summed E-state index contributed by atoms with van der Waals surface area (Å²) in [6.07, 6.45) is 0. The number of nitrogens with two attached hydrogens (primary N) is 2. The van der Waals surface area contributed by atoms with Gasteiger partial charge in [-0.3, -0.25) is 9.59 Å². The van der Waals surface area contributed by atoms with E-state index in [0.29, 0.717) is 11.1 Å². The lowest BCUT2D eigenvalue weighted by molar-refractivity contribution is 0.0260. The minimum atomic E-state index is -0.571. The normalized spacial score (nSPS) is 12.9. The Labute approximate surface area is 148 Å². The zero-order valence-electron chi connectivity index (χ0n) is 13.6. The highest BCUT2D eigenvalue weighted by Gasteiger charge is 2.13. The molecule has 8 nitrogen and oxygen atoms in total. The average molecular weight is 356 g/mol. The number of fused-ring (bicyclic) bond motifs is 7. The molecule has 2 aromatic carbocycles. The Hall–Kier alpha value is -3.68. The number of rotatable bonds is 2. The average Bonchev–Trinajstić information content (AvgIpc) is 2.65. The van der Waals surface area contributed by atoms with Crippen molar-refractivity contribution in [3.63, 3.8) is 0 Å². The van der Waals surface area contributed by atoms with E-state index in [9.17, 15) is 19.2 Å². The van der Waals surface area contributed by atoms with Gasteiger partial charge in [0.15, 0.2) is 0 Å². The van der Waals surface area contributed by atoms with E-state index in [1.807, 2.05) is 0 Å². The first-order chi connectivity index (χ1) is 12.4. The number of ether oxygens (including phenoxy) is 2. The van der Waals surface area contributed by atoms with Gasteiger partial charge in [0.05, 0.1) is 11.1 Å². The summed E-state index contributed by atoms with van der Waals surface area (Å²) in [5.74, 6) is -1.93. The predicted octanol–water partition coefficient (Wildman–Crippen LogP) is 0.898. The van der Waals surface area contributed by atoms with E-state index in [-0.39, 0.29) is 24.3 Å². The molecule has 0 fully saturated rings. The van der Waals surface area contributed by atoms with Gasteiger partial charge in [0.2, 0.25) is 11.8 Å². The van der Waals surface area contributed by atoms with Crippen LogP contribution < -0.4 is 11.5 Å². The fourth-order valence-electron chi connectivity index (χ4n) is 2.00. The summed E-state index contributed by atoms with van der Waals surface area (Å²) in [5, 5.41) is 0. The van der Waals surface area contributed by atoms with Crippen LogP contribution in [0.4, 0.5) is 0 Å². The summed E-state index contributed by atoms with van der Waals surface area (Å²) in [5.41, 5.74) is 11.4. The predicted molar refractivity (Wildman–Crippen MR) is 90.5 cm³/mol. The van der Waals surface area contributed by atoms with Crippen molar-refractivity contribution < 1.29 is 28.7 Å². The van der Waals surface area contributed by atoms with Gasteiger partial charge in [-0.15, -0.1) is 0 Å². The largest absolute Gasteiger partial charge is 0.458 e. The number of carbonyl (C=O) groups excluding carboxylic acids is 4. The molecule has 4 N–H and O–H groups in total. The van der Waals surface area contributed by atoms with E-state index < -0.39 is 23.8 Å². The molecule has 2 bridgehead atoms. The molecule has 0 saturated carbocycles. The lowest BCUT2D eigenvalue weighted by atomic mass is 10.1. The highest BCUT2D eigenvalue weighted by molar-refractivity contribution is 5.98. The summed E-state index contributed by atoms with van der Waals surface area (Å²) in [4.78, 5) is 43.8. The van der Waals surface area contributed by atoms with Gasteiger partial charge in [0, 0.05) is 11.1 Å². The second-order valence-electron chi connectivity index (χ2n) is 5.16. The molecule has 2 aliphatic rings. The number of amides is 2. The van der Waals surface area contributed by atoms with Gasteiger partial charge >= 0.3 is 11.9 Å². The number of hydrogen-bond donors (Lipinski definition) is 2. The summed E-state index contributed by atoms with van der Waals surface area (Å²) in [6.45, 7) is 0.200. The van der Waals surface area contributed by atoms with Crippen LogP contribution in [0.3, 0.4) is 0 Å². The molecule has 0 radical (unpaired) electrons. The van der Waals surface area contributed by atoms with E-state index in [0.717, 1.165) is 0 Å². The lowest BCUT2D eigenvalue weighted by Crippen LogP contribution is -2.16. The van der Waals surface area contributed by atoms with E-state index in [2.05, 4.69) is 0 Å². The molecule has 2 heterocycles. The Balaban J connectivity index is 0.000000190. The van der Waals surface area contributed by atoms with Crippen LogP contribution in [-0.2, 0) is 9.47 Å². The molecule has 0 saturated heterocycles. The molecule has 2 aliphatic heterocycles. The van der Waals surface area contributed by atoms with Crippen LogP contribution >= 0.6 is 0 Å². The summed E-state index contributed by atoms with van der Waals surface area (Å²) >= 11 is 0. The minimum Gasteiger partial charge on any atom is -0.458 e. The van der Waals surface area contributed by atoms with Gasteiger partial charge in [-0.1, -0.05) is 6.07 Å². The Bertz CT molecular complexity index is 779. The highest BCUT2D eigenvalue weighted by atomic mass is 16.6. The zero-order chi connectivity index (χ0) is 19.1. The Morgan fingerprint density at radius 3 is 1.46 bits per heavy atom. The lowest BCUT2D eigenvalue weighted by Gasteiger charge is -2.09. The third kappa shape index (κ3) is 4.91. The van der Waals surface area contributed by atoms with Gasteiger partial charge in [-0.2, -0.15) is 0 Å². The molecular formula is C18H16N2O6. The van der Waals surface area contributed by atoms with Crippen LogP contribution in [0.2, 0.25) is 0 Å². The maximum atomic E-state index is 11.3. The summed E-state index contributed by atoms with van der Waals surface area (Å²) < 4.78 is 9.66. The molecule has 8 heteroatoms. The number of hydrogen-bond acceptors (Lipinski definition) is 6. The molecule has 0 spiro atoms. The molecule has 134 valence electrons. The van der Waals surface area contributed by atoms with Crippen LogP contribution in [0, 0.1) is 0 Å². The molecule has 0 aliphatic carbocycles. The van der Waals surface area contributed by atoms with Crippen LogP contribution in [0.1, 0.15) is 41.4 Å². The number of esters is 2. The molecule has 2 amide bonds. The fourth-order valence-corrected chi connectivity index (χ4v) is 2.00. The fraction of sp³-hybridized carbons (Fsp3) is 0.111. The Kier molecular flexibility index (Phi) is 6.05. The zero-order valence-corrected chi connectivity index (χ0v) is 13.6. The van der Waals surface area contributed by atoms with Crippen molar-refractivity contribution in [2.75, 3.05) is 13.2 Å². The van der Waals surface area contributed by atoms with Crippen molar-refractivity contribution in [3.8, 4) is 0 Å². The SMILES string of the molecule is NC(=O)c1cccc(C(N)=O)c1.O=C1OCCOC(=O)c2ccc1cc2. The monoisotopic (exact) mass is 356 g/mol. The first-order valence-electron chi connectivity index (χ1n) is 7.52. The molecule has 26 heavy (non-hydrogen) atoms. The van der Waals surface area contributed by atoms with E-state index in [1.165, 1.54) is 18.2 Å². The number of primary amides is 2. The highest BCUT2D eigenvalue weighted by Crippen LogP contribution is 2.09. The number of carbonyl (C=O) groups is 4. The van der Waals surface area contributed by atoms with Gasteiger partial charge < -0.3 is 20.9 Å². The molecule has 2 aromatic rings. The topological polar surface area (TPSA) is 139 Å². The Morgan fingerprint density at radius 2 is 1.12 bits per heavy atom. The van der Waals surface area contributed by atoms with Crippen LogP contribution in [0.15, 0.2) is 48.5 Å². The second-order valence-corrected chi connectivity index (χ2v) is 5.16. The van der Waals surface area contributed by atoms with E-state index in [1.54, 1.807) is 30.3 Å².